The third kappa shape index (κ3) is 3.25. The van der Waals surface area contributed by atoms with E-state index in [-0.39, 0.29) is 18.6 Å². The van der Waals surface area contributed by atoms with Crippen LogP contribution in [0, 0.1) is 0 Å². The molecule has 0 bridgehead atoms. The van der Waals surface area contributed by atoms with Crippen molar-refractivity contribution in [3.63, 3.8) is 0 Å². The first-order chi connectivity index (χ1) is 14.5. The second kappa shape index (κ2) is 7.91. The van der Waals surface area contributed by atoms with Gasteiger partial charge in [-0.3, -0.25) is 4.79 Å². The van der Waals surface area contributed by atoms with Crippen LogP contribution in [-0.2, 0) is 17.8 Å². The monoisotopic (exact) mass is 411 g/mol. The van der Waals surface area contributed by atoms with E-state index in [1.54, 1.807) is 21.3 Å². The number of rotatable bonds is 5. The Morgan fingerprint density at radius 2 is 1.90 bits per heavy atom. The number of methoxy groups -OCH3 is 3. The Labute approximate surface area is 174 Å². The van der Waals surface area contributed by atoms with Gasteiger partial charge in [0.15, 0.2) is 11.5 Å². The molecule has 2 N–H and O–H groups in total. The van der Waals surface area contributed by atoms with Gasteiger partial charge in [-0.05, 0) is 53.8 Å². The minimum Gasteiger partial charge on any atom is -0.493 e. The fourth-order valence-electron chi connectivity index (χ4n) is 4.29. The number of carbonyl (C=O) groups is 1. The largest absolute Gasteiger partial charge is 0.493 e. The number of furan rings is 1. The molecule has 2 aromatic carbocycles. The lowest BCUT2D eigenvalue weighted by Crippen LogP contribution is -2.26. The van der Waals surface area contributed by atoms with Gasteiger partial charge in [0.2, 0.25) is 11.7 Å². The SMILES string of the molecule is COc1cc2c(c(OC)c1OC)-c1cc3cc(CO)oc3cc1[C@@H](NC(C)=O)CC2. The highest BCUT2D eigenvalue weighted by Crippen LogP contribution is 2.51. The zero-order valence-electron chi connectivity index (χ0n) is 17.5. The van der Waals surface area contributed by atoms with Crippen LogP contribution in [0.4, 0.5) is 0 Å². The Morgan fingerprint density at radius 3 is 2.53 bits per heavy atom. The number of aliphatic hydroxyl groups is 1. The Hall–Kier alpha value is -3.19. The van der Waals surface area contributed by atoms with Gasteiger partial charge in [0.05, 0.1) is 27.4 Å². The smallest absolute Gasteiger partial charge is 0.217 e. The number of benzene rings is 2. The molecule has 0 saturated heterocycles. The average molecular weight is 411 g/mol. The predicted molar refractivity (Wildman–Crippen MR) is 112 cm³/mol. The standard InChI is InChI=1S/C23H25NO6/c1-12(26)24-18-6-5-13-9-20(27-2)22(28-3)23(29-4)21(13)17-8-14-7-15(11-25)30-19(14)10-16(17)18/h7-10,18,25H,5-6,11H2,1-4H3,(H,24,26)/t18-/m0/s1. The minimum absolute atomic E-state index is 0.102. The Bertz CT molecular complexity index is 1120. The Balaban J connectivity index is 2.05. The number of hydrogen-bond donors (Lipinski definition) is 2. The number of aliphatic hydroxyl groups excluding tert-OH is 1. The maximum Gasteiger partial charge on any atom is 0.217 e. The molecular formula is C23H25NO6. The number of nitrogens with one attached hydrogen (secondary N) is 1. The summed E-state index contributed by atoms with van der Waals surface area (Å²) in [6.07, 6.45) is 1.42. The van der Waals surface area contributed by atoms with Crippen LogP contribution >= 0.6 is 0 Å². The van der Waals surface area contributed by atoms with Crippen molar-refractivity contribution in [3.05, 3.63) is 41.2 Å². The van der Waals surface area contributed by atoms with Crippen molar-refractivity contribution in [1.29, 1.82) is 0 Å². The van der Waals surface area contributed by atoms with E-state index >= 15 is 0 Å². The van der Waals surface area contributed by atoms with Crippen LogP contribution in [0.25, 0.3) is 22.1 Å². The third-order valence-electron chi connectivity index (χ3n) is 5.53. The maximum absolute atomic E-state index is 11.9. The van der Waals surface area contributed by atoms with Gasteiger partial charge >= 0.3 is 0 Å². The van der Waals surface area contributed by atoms with E-state index in [0.29, 0.717) is 35.0 Å². The summed E-state index contributed by atoms with van der Waals surface area (Å²) < 4.78 is 22.7. The van der Waals surface area contributed by atoms with Gasteiger partial charge in [-0.1, -0.05) is 0 Å². The van der Waals surface area contributed by atoms with Crippen LogP contribution in [0.3, 0.4) is 0 Å². The van der Waals surface area contributed by atoms with Gasteiger partial charge in [-0.2, -0.15) is 0 Å². The molecule has 7 heteroatoms. The average Bonchev–Trinajstić information content (AvgIpc) is 3.10. The van der Waals surface area contributed by atoms with Gasteiger partial charge in [0.25, 0.3) is 0 Å². The molecule has 30 heavy (non-hydrogen) atoms. The van der Waals surface area contributed by atoms with Crippen molar-refractivity contribution in [2.45, 2.75) is 32.4 Å². The molecule has 1 heterocycles. The zero-order chi connectivity index (χ0) is 21.4. The van der Waals surface area contributed by atoms with Crippen molar-refractivity contribution >= 4 is 16.9 Å². The summed E-state index contributed by atoms with van der Waals surface area (Å²) in [6, 6.07) is 7.55. The highest BCUT2D eigenvalue weighted by molar-refractivity contribution is 5.91. The lowest BCUT2D eigenvalue weighted by Gasteiger charge is -2.21. The summed E-state index contributed by atoms with van der Waals surface area (Å²) in [5.41, 5.74) is 4.48. The number of hydrogen-bond acceptors (Lipinski definition) is 6. The number of carbonyl (C=O) groups excluding carboxylic acids is 1. The fraction of sp³-hybridized carbons (Fsp3) is 0.348. The van der Waals surface area contributed by atoms with Crippen molar-refractivity contribution in [3.8, 4) is 28.4 Å². The van der Waals surface area contributed by atoms with Crippen molar-refractivity contribution in [2.24, 2.45) is 0 Å². The van der Waals surface area contributed by atoms with Crippen molar-refractivity contribution in [1.82, 2.24) is 5.32 Å². The lowest BCUT2D eigenvalue weighted by molar-refractivity contribution is -0.119. The number of ether oxygens (including phenoxy) is 3. The first-order valence-electron chi connectivity index (χ1n) is 9.77. The van der Waals surface area contributed by atoms with Crippen LogP contribution in [0.2, 0.25) is 0 Å². The molecule has 158 valence electrons. The molecule has 0 spiro atoms. The van der Waals surface area contributed by atoms with E-state index in [1.165, 1.54) is 6.92 Å². The number of aryl methyl sites for hydroxylation is 1. The molecule has 1 aliphatic carbocycles. The summed E-state index contributed by atoms with van der Waals surface area (Å²) in [5, 5.41) is 13.4. The molecule has 7 nitrogen and oxygen atoms in total. The summed E-state index contributed by atoms with van der Waals surface area (Å²) in [7, 11) is 4.78. The summed E-state index contributed by atoms with van der Waals surface area (Å²) in [4.78, 5) is 11.9. The van der Waals surface area contributed by atoms with Gasteiger partial charge < -0.3 is 29.1 Å². The molecule has 0 aliphatic heterocycles. The molecule has 0 radical (unpaired) electrons. The highest BCUT2D eigenvalue weighted by Gasteiger charge is 2.30. The van der Waals surface area contributed by atoms with Gasteiger partial charge in [0.1, 0.15) is 18.0 Å². The highest BCUT2D eigenvalue weighted by atomic mass is 16.5. The van der Waals surface area contributed by atoms with Crippen LogP contribution in [0.5, 0.6) is 17.2 Å². The molecule has 1 aromatic heterocycles. The molecule has 0 saturated carbocycles. The second-order valence-electron chi connectivity index (χ2n) is 7.32. The quantitative estimate of drug-likeness (QED) is 0.665. The number of fused-ring (bicyclic) bond motifs is 4. The van der Waals surface area contributed by atoms with Crippen LogP contribution in [-0.4, -0.2) is 32.3 Å². The normalized spacial score (nSPS) is 15.2. The van der Waals surface area contributed by atoms with E-state index < -0.39 is 0 Å². The zero-order valence-corrected chi connectivity index (χ0v) is 17.5. The minimum atomic E-state index is -0.196. The Morgan fingerprint density at radius 1 is 1.13 bits per heavy atom. The molecule has 1 amide bonds. The molecule has 0 fully saturated rings. The lowest BCUT2D eigenvalue weighted by atomic mass is 9.92. The third-order valence-corrected chi connectivity index (χ3v) is 5.53. The van der Waals surface area contributed by atoms with Crippen LogP contribution < -0.4 is 19.5 Å². The first-order valence-corrected chi connectivity index (χ1v) is 9.77. The van der Waals surface area contributed by atoms with E-state index in [2.05, 4.69) is 5.32 Å². The van der Waals surface area contributed by atoms with Gasteiger partial charge in [-0.15, -0.1) is 0 Å². The predicted octanol–water partition coefficient (Wildman–Crippen LogP) is 3.74. The molecule has 4 rings (SSSR count). The molecule has 3 aromatic rings. The van der Waals surface area contributed by atoms with E-state index in [1.807, 2.05) is 24.3 Å². The van der Waals surface area contributed by atoms with Crippen molar-refractivity contribution in [2.75, 3.05) is 21.3 Å². The van der Waals surface area contributed by atoms with Crippen molar-refractivity contribution < 1.29 is 28.5 Å². The first kappa shape index (κ1) is 20.1. The molecule has 1 atom stereocenters. The molecule has 0 unspecified atom stereocenters. The Kier molecular flexibility index (Phi) is 5.30. The molecular weight excluding hydrogens is 386 g/mol. The number of amides is 1. The maximum atomic E-state index is 11.9. The van der Waals surface area contributed by atoms with E-state index in [0.717, 1.165) is 34.1 Å². The molecule has 1 aliphatic rings. The van der Waals surface area contributed by atoms with Gasteiger partial charge in [0, 0.05) is 17.9 Å². The van der Waals surface area contributed by atoms with Gasteiger partial charge in [-0.25, -0.2) is 0 Å². The van der Waals surface area contributed by atoms with Crippen LogP contribution in [0.15, 0.2) is 28.7 Å². The summed E-state index contributed by atoms with van der Waals surface area (Å²) in [6.45, 7) is 1.33. The topological polar surface area (TPSA) is 90.2 Å². The van der Waals surface area contributed by atoms with E-state index in [4.69, 9.17) is 18.6 Å². The second-order valence-corrected chi connectivity index (χ2v) is 7.32. The summed E-state index contributed by atoms with van der Waals surface area (Å²) in [5.74, 6) is 2.09. The fourth-order valence-corrected chi connectivity index (χ4v) is 4.29. The van der Waals surface area contributed by atoms with Crippen LogP contribution in [0.1, 0.15) is 36.3 Å². The van der Waals surface area contributed by atoms with E-state index in [9.17, 15) is 9.90 Å². The summed E-state index contributed by atoms with van der Waals surface area (Å²) >= 11 is 0.